The van der Waals surface area contributed by atoms with E-state index < -0.39 is 23.8 Å². The fourth-order valence-corrected chi connectivity index (χ4v) is 6.10. The molecule has 2 amide bonds. The number of rotatable bonds is 17. The number of benzene rings is 1. The molecule has 2 heterocycles. The molecule has 3 atom stereocenters. The summed E-state index contributed by atoms with van der Waals surface area (Å²) in [5, 5.41) is 10.5. The maximum atomic E-state index is 13.8. The molecule has 2 aliphatic rings. The van der Waals surface area contributed by atoms with Crippen LogP contribution in [0, 0.1) is 5.92 Å². The third-order valence-electron chi connectivity index (χ3n) is 8.42. The van der Waals surface area contributed by atoms with Gasteiger partial charge in [0.15, 0.2) is 11.5 Å². The monoisotopic (exact) mass is 590 g/mol. The van der Waals surface area contributed by atoms with E-state index in [4.69, 9.17) is 14.2 Å². The number of unbranched alkanes of at least 4 members (excludes halogenated alkanes) is 2. The van der Waals surface area contributed by atoms with Crippen molar-refractivity contribution in [1.82, 2.24) is 19.6 Å². The Balaban J connectivity index is 1.89. The first kappa shape index (κ1) is 33.5. The highest BCUT2D eigenvalue weighted by atomic mass is 16.7. The zero-order chi connectivity index (χ0) is 30.8. The van der Waals surface area contributed by atoms with Crippen molar-refractivity contribution in [3.63, 3.8) is 0 Å². The van der Waals surface area contributed by atoms with Gasteiger partial charge in [0.05, 0.1) is 19.6 Å². The third-order valence-corrected chi connectivity index (χ3v) is 8.42. The number of methoxy groups -OCH3 is 1. The Morgan fingerprint density at radius 1 is 1.02 bits per heavy atom. The minimum atomic E-state index is -0.922. The van der Waals surface area contributed by atoms with E-state index in [0.29, 0.717) is 56.4 Å². The fraction of sp³-hybridized carbons (Fsp3) is 0.710. The number of nitrogens with zero attached hydrogens (tertiary/aromatic N) is 4. The standard InChI is InChI=1S/C31H50N4O7/c1-7-9-14-34(15-11-10-13-32(4)5)28(37)20-35-19-24(23-17-26(40-6)30-27(18-23)41-21-42-30)29(31(38)39)25(35)12-16-33(8-2)22(3)36/h17-18,24-25,29H,7-16,19-21H2,1-6H3,(H,38,39)/t24-,25+,29?/m1/s1. The van der Waals surface area contributed by atoms with Crippen molar-refractivity contribution in [3.8, 4) is 17.2 Å². The summed E-state index contributed by atoms with van der Waals surface area (Å²) in [4.78, 5) is 46.6. The van der Waals surface area contributed by atoms with Gasteiger partial charge in [-0.3, -0.25) is 19.3 Å². The summed E-state index contributed by atoms with van der Waals surface area (Å²) in [5.74, 6) is -0.609. The Kier molecular flexibility index (Phi) is 12.7. The van der Waals surface area contributed by atoms with Crippen LogP contribution in [0.4, 0.5) is 0 Å². The molecule has 236 valence electrons. The Morgan fingerprint density at radius 3 is 2.36 bits per heavy atom. The highest BCUT2D eigenvalue weighted by Gasteiger charge is 2.47. The number of carbonyl (C=O) groups is 3. The Hall–Kier alpha value is -3.05. The molecule has 1 N–H and O–H groups in total. The van der Waals surface area contributed by atoms with Crippen LogP contribution < -0.4 is 14.2 Å². The highest BCUT2D eigenvalue weighted by Crippen LogP contribution is 2.47. The van der Waals surface area contributed by atoms with Crippen molar-refractivity contribution >= 4 is 17.8 Å². The topological polar surface area (TPSA) is 112 Å². The summed E-state index contributed by atoms with van der Waals surface area (Å²) in [5.41, 5.74) is 0.772. The summed E-state index contributed by atoms with van der Waals surface area (Å²) in [6, 6.07) is 3.23. The summed E-state index contributed by atoms with van der Waals surface area (Å²) in [7, 11) is 5.64. The van der Waals surface area contributed by atoms with E-state index in [-0.39, 0.29) is 25.2 Å². The van der Waals surface area contributed by atoms with Crippen molar-refractivity contribution in [2.75, 3.05) is 73.8 Å². The molecule has 1 aromatic carbocycles. The molecule has 1 saturated heterocycles. The van der Waals surface area contributed by atoms with Crippen LogP contribution in [0.3, 0.4) is 0 Å². The molecular formula is C31H50N4O7. The Bertz CT molecular complexity index is 1070. The van der Waals surface area contributed by atoms with Gasteiger partial charge in [-0.05, 0) is 70.9 Å². The second-order valence-electron chi connectivity index (χ2n) is 11.6. The average molecular weight is 591 g/mol. The van der Waals surface area contributed by atoms with Crippen LogP contribution in [-0.2, 0) is 14.4 Å². The van der Waals surface area contributed by atoms with Crippen LogP contribution in [0.2, 0.25) is 0 Å². The van der Waals surface area contributed by atoms with Gasteiger partial charge in [0.2, 0.25) is 24.4 Å². The number of carboxylic acids is 1. The van der Waals surface area contributed by atoms with E-state index in [1.807, 2.05) is 43.0 Å². The minimum absolute atomic E-state index is 0.0188. The molecule has 0 saturated carbocycles. The first-order chi connectivity index (χ1) is 20.1. The van der Waals surface area contributed by atoms with Crippen molar-refractivity contribution in [2.45, 2.75) is 64.8 Å². The van der Waals surface area contributed by atoms with Gasteiger partial charge in [-0.2, -0.15) is 0 Å². The molecule has 0 bridgehead atoms. The molecule has 42 heavy (non-hydrogen) atoms. The number of hydrogen-bond acceptors (Lipinski definition) is 8. The van der Waals surface area contributed by atoms with E-state index >= 15 is 0 Å². The zero-order valence-electron chi connectivity index (χ0n) is 26.3. The van der Waals surface area contributed by atoms with Gasteiger partial charge in [-0.25, -0.2) is 0 Å². The smallest absolute Gasteiger partial charge is 0.308 e. The van der Waals surface area contributed by atoms with Crippen molar-refractivity contribution in [3.05, 3.63) is 17.7 Å². The number of ether oxygens (including phenoxy) is 3. The first-order valence-electron chi connectivity index (χ1n) is 15.2. The lowest BCUT2D eigenvalue weighted by molar-refractivity contribution is -0.144. The SMILES string of the molecule is CCCCN(CCCCN(C)C)C(=O)CN1C[C@H](c2cc(OC)c3c(c2)OCO3)C(C(=O)O)[C@@H]1CCN(CC)C(C)=O. The van der Waals surface area contributed by atoms with E-state index in [9.17, 15) is 19.5 Å². The number of carboxylic acid groups (broad SMARTS) is 1. The van der Waals surface area contributed by atoms with Gasteiger partial charge < -0.3 is 34.0 Å². The van der Waals surface area contributed by atoms with Crippen molar-refractivity contribution in [1.29, 1.82) is 0 Å². The Morgan fingerprint density at radius 2 is 1.74 bits per heavy atom. The largest absolute Gasteiger partial charge is 0.493 e. The fourth-order valence-electron chi connectivity index (χ4n) is 6.10. The van der Waals surface area contributed by atoms with Crippen LogP contribution in [0.15, 0.2) is 12.1 Å². The molecule has 0 radical (unpaired) electrons. The molecule has 1 unspecified atom stereocenters. The summed E-state index contributed by atoms with van der Waals surface area (Å²) in [6.45, 7) is 9.46. The molecule has 0 aliphatic carbocycles. The maximum Gasteiger partial charge on any atom is 0.308 e. The molecule has 11 nitrogen and oxygen atoms in total. The van der Waals surface area contributed by atoms with Crippen LogP contribution >= 0.6 is 0 Å². The van der Waals surface area contributed by atoms with E-state index in [1.54, 1.807) is 12.0 Å². The molecular weight excluding hydrogens is 540 g/mol. The zero-order valence-corrected chi connectivity index (χ0v) is 26.3. The molecule has 11 heteroatoms. The minimum Gasteiger partial charge on any atom is -0.493 e. The molecule has 2 aliphatic heterocycles. The van der Waals surface area contributed by atoms with Gasteiger partial charge in [0, 0.05) is 51.6 Å². The molecule has 0 spiro atoms. The molecule has 3 rings (SSSR count). The number of carbonyl (C=O) groups excluding carboxylic acids is 2. The van der Waals surface area contributed by atoms with Gasteiger partial charge >= 0.3 is 5.97 Å². The maximum absolute atomic E-state index is 13.8. The number of fused-ring (bicyclic) bond motifs is 1. The summed E-state index contributed by atoms with van der Waals surface area (Å²) in [6.07, 6.45) is 4.28. The average Bonchev–Trinajstić information content (AvgIpc) is 3.57. The second kappa shape index (κ2) is 16.0. The van der Waals surface area contributed by atoms with E-state index in [2.05, 4.69) is 11.8 Å². The first-order valence-corrected chi connectivity index (χ1v) is 15.2. The predicted molar refractivity (Wildman–Crippen MR) is 160 cm³/mol. The van der Waals surface area contributed by atoms with Gasteiger partial charge in [0.25, 0.3) is 0 Å². The Labute approximate surface area is 250 Å². The summed E-state index contributed by atoms with van der Waals surface area (Å²) >= 11 is 0. The number of aliphatic carboxylic acids is 1. The number of likely N-dealkylation sites (tertiary alicyclic amines) is 1. The lowest BCUT2D eigenvalue weighted by Crippen LogP contribution is -2.46. The number of hydrogen-bond donors (Lipinski definition) is 1. The third kappa shape index (κ3) is 8.50. The quantitative estimate of drug-likeness (QED) is 0.274. The van der Waals surface area contributed by atoms with Gasteiger partial charge in [-0.1, -0.05) is 13.3 Å². The van der Waals surface area contributed by atoms with Crippen LogP contribution in [0.1, 0.15) is 64.4 Å². The van der Waals surface area contributed by atoms with E-state index in [0.717, 1.165) is 37.8 Å². The van der Waals surface area contributed by atoms with E-state index in [1.165, 1.54) is 6.92 Å². The number of amides is 2. The second-order valence-corrected chi connectivity index (χ2v) is 11.6. The van der Waals surface area contributed by atoms with Gasteiger partial charge in [0.1, 0.15) is 0 Å². The summed E-state index contributed by atoms with van der Waals surface area (Å²) < 4.78 is 16.7. The van der Waals surface area contributed by atoms with Crippen molar-refractivity contribution in [2.24, 2.45) is 5.92 Å². The lowest BCUT2D eigenvalue weighted by Gasteiger charge is -2.31. The van der Waals surface area contributed by atoms with Crippen LogP contribution in [0.5, 0.6) is 17.2 Å². The predicted octanol–water partition coefficient (Wildman–Crippen LogP) is 3.12. The normalized spacial score (nSPS) is 19.7. The molecule has 0 aromatic heterocycles. The van der Waals surface area contributed by atoms with Crippen LogP contribution in [-0.4, -0.2) is 122 Å². The highest BCUT2D eigenvalue weighted by molar-refractivity contribution is 5.79. The molecule has 1 fully saturated rings. The van der Waals surface area contributed by atoms with Crippen molar-refractivity contribution < 1.29 is 33.7 Å². The molecule has 1 aromatic rings. The van der Waals surface area contributed by atoms with Gasteiger partial charge in [-0.15, -0.1) is 0 Å². The van der Waals surface area contributed by atoms with Crippen LogP contribution in [0.25, 0.3) is 0 Å². The lowest BCUT2D eigenvalue weighted by atomic mass is 9.84.